The second-order valence-corrected chi connectivity index (χ2v) is 6.31. The highest BCUT2D eigenvalue weighted by Gasteiger charge is 2.19. The topological polar surface area (TPSA) is 48.5 Å². The SMILES string of the molecule is O=C(CN1CCN(Cc2ccccn2)CC1)Nc1ccccc1Cl. The van der Waals surface area contributed by atoms with Crippen LogP contribution < -0.4 is 5.32 Å². The maximum atomic E-state index is 12.2. The first kappa shape index (κ1) is 16.9. The number of para-hydroxylation sites is 1. The Balaban J connectivity index is 1.43. The fourth-order valence-electron chi connectivity index (χ4n) is 2.78. The van der Waals surface area contributed by atoms with Crippen LogP contribution in [0.2, 0.25) is 5.02 Å². The van der Waals surface area contributed by atoms with E-state index in [-0.39, 0.29) is 5.91 Å². The Labute approximate surface area is 147 Å². The third-order valence-corrected chi connectivity index (χ3v) is 4.42. The van der Waals surface area contributed by atoms with Crippen molar-refractivity contribution >= 4 is 23.2 Å². The van der Waals surface area contributed by atoms with Gasteiger partial charge in [-0.2, -0.15) is 0 Å². The molecule has 1 amide bonds. The molecule has 1 aromatic carbocycles. The number of halogens is 1. The molecule has 0 saturated carbocycles. The zero-order valence-corrected chi connectivity index (χ0v) is 14.2. The molecule has 24 heavy (non-hydrogen) atoms. The van der Waals surface area contributed by atoms with Crippen molar-refractivity contribution in [1.82, 2.24) is 14.8 Å². The largest absolute Gasteiger partial charge is 0.324 e. The first-order chi connectivity index (χ1) is 11.7. The molecule has 2 heterocycles. The fraction of sp³-hybridized carbons (Fsp3) is 0.333. The van der Waals surface area contributed by atoms with Crippen LogP contribution in [0.3, 0.4) is 0 Å². The van der Waals surface area contributed by atoms with Crippen LogP contribution in [0.4, 0.5) is 5.69 Å². The number of amides is 1. The summed E-state index contributed by atoms with van der Waals surface area (Å²) in [5, 5.41) is 3.43. The Kier molecular flexibility index (Phi) is 5.80. The maximum Gasteiger partial charge on any atom is 0.238 e. The number of hydrogen-bond acceptors (Lipinski definition) is 4. The Morgan fingerprint density at radius 3 is 2.46 bits per heavy atom. The lowest BCUT2D eigenvalue weighted by molar-refractivity contribution is -0.117. The van der Waals surface area contributed by atoms with Gasteiger partial charge in [0.25, 0.3) is 0 Å². The quantitative estimate of drug-likeness (QED) is 0.905. The third-order valence-electron chi connectivity index (χ3n) is 4.09. The number of nitrogens with zero attached hydrogens (tertiary/aromatic N) is 3. The lowest BCUT2D eigenvalue weighted by Gasteiger charge is -2.34. The standard InChI is InChI=1S/C18H21ClN4O/c19-16-6-1-2-7-17(16)21-18(24)14-23-11-9-22(10-12-23)13-15-5-3-4-8-20-15/h1-8H,9-14H2,(H,21,24). The lowest BCUT2D eigenvalue weighted by atomic mass is 10.2. The summed E-state index contributed by atoms with van der Waals surface area (Å²) in [6.45, 7) is 4.89. The summed E-state index contributed by atoms with van der Waals surface area (Å²) in [7, 11) is 0. The molecule has 1 N–H and O–H groups in total. The summed E-state index contributed by atoms with van der Waals surface area (Å²) in [5.74, 6) is -0.0266. The number of carbonyl (C=O) groups is 1. The molecular formula is C18H21ClN4O. The molecule has 0 atom stereocenters. The highest BCUT2D eigenvalue weighted by atomic mass is 35.5. The Morgan fingerprint density at radius 1 is 1.04 bits per heavy atom. The van der Waals surface area contributed by atoms with Crippen molar-refractivity contribution in [1.29, 1.82) is 0 Å². The van der Waals surface area contributed by atoms with Gasteiger partial charge in [-0.15, -0.1) is 0 Å². The molecule has 126 valence electrons. The van der Waals surface area contributed by atoms with Gasteiger partial charge in [-0.3, -0.25) is 19.6 Å². The van der Waals surface area contributed by atoms with Crippen molar-refractivity contribution in [3.8, 4) is 0 Å². The zero-order chi connectivity index (χ0) is 16.8. The summed E-state index contributed by atoms with van der Waals surface area (Å²) in [6, 6.07) is 13.3. The van der Waals surface area contributed by atoms with Crippen molar-refractivity contribution in [3.63, 3.8) is 0 Å². The minimum absolute atomic E-state index is 0.0266. The van der Waals surface area contributed by atoms with E-state index in [2.05, 4.69) is 20.1 Å². The first-order valence-electron chi connectivity index (χ1n) is 8.10. The minimum atomic E-state index is -0.0266. The van der Waals surface area contributed by atoms with E-state index < -0.39 is 0 Å². The van der Waals surface area contributed by atoms with Crippen molar-refractivity contribution in [2.75, 3.05) is 38.0 Å². The van der Waals surface area contributed by atoms with E-state index in [1.807, 2.05) is 42.6 Å². The number of benzene rings is 1. The van der Waals surface area contributed by atoms with Gasteiger partial charge >= 0.3 is 0 Å². The molecule has 3 rings (SSSR count). The van der Waals surface area contributed by atoms with Crippen LogP contribution in [0, 0.1) is 0 Å². The van der Waals surface area contributed by atoms with E-state index in [9.17, 15) is 4.79 Å². The number of nitrogens with one attached hydrogen (secondary N) is 1. The van der Waals surface area contributed by atoms with E-state index in [1.165, 1.54) is 0 Å². The van der Waals surface area contributed by atoms with Crippen LogP contribution in [-0.4, -0.2) is 53.4 Å². The molecule has 1 fully saturated rings. The summed E-state index contributed by atoms with van der Waals surface area (Å²) in [4.78, 5) is 21.1. The number of anilines is 1. The lowest BCUT2D eigenvalue weighted by Crippen LogP contribution is -2.48. The Bertz CT molecular complexity index is 672. The van der Waals surface area contributed by atoms with E-state index in [0.29, 0.717) is 17.3 Å². The molecule has 2 aromatic rings. The van der Waals surface area contributed by atoms with Crippen LogP contribution in [-0.2, 0) is 11.3 Å². The van der Waals surface area contributed by atoms with Crippen LogP contribution in [0.25, 0.3) is 0 Å². The average Bonchev–Trinajstić information content (AvgIpc) is 2.60. The zero-order valence-electron chi connectivity index (χ0n) is 13.5. The monoisotopic (exact) mass is 344 g/mol. The molecule has 0 unspecified atom stereocenters. The Morgan fingerprint density at radius 2 is 1.75 bits per heavy atom. The smallest absolute Gasteiger partial charge is 0.238 e. The number of piperazine rings is 1. The number of pyridine rings is 1. The van der Waals surface area contributed by atoms with Gasteiger partial charge in [0.2, 0.25) is 5.91 Å². The fourth-order valence-corrected chi connectivity index (χ4v) is 2.96. The molecule has 5 nitrogen and oxygen atoms in total. The van der Waals surface area contributed by atoms with Gasteiger partial charge in [-0.05, 0) is 24.3 Å². The molecule has 1 aromatic heterocycles. The van der Waals surface area contributed by atoms with E-state index in [4.69, 9.17) is 11.6 Å². The summed E-state index contributed by atoms with van der Waals surface area (Å²) < 4.78 is 0. The molecule has 1 aliphatic heterocycles. The number of carbonyl (C=O) groups excluding carboxylic acids is 1. The molecule has 0 radical (unpaired) electrons. The molecular weight excluding hydrogens is 324 g/mol. The summed E-state index contributed by atoms with van der Waals surface area (Å²) in [5.41, 5.74) is 1.75. The second kappa shape index (κ2) is 8.24. The van der Waals surface area contributed by atoms with Gasteiger partial charge in [-0.1, -0.05) is 29.8 Å². The molecule has 6 heteroatoms. The summed E-state index contributed by atoms with van der Waals surface area (Å²) in [6.07, 6.45) is 1.82. The number of rotatable bonds is 5. The maximum absolute atomic E-state index is 12.2. The van der Waals surface area contributed by atoms with E-state index in [0.717, 1.165) is 38.4 Å². The van der Waals surface area contributed by atoms with E-state index >= 15 is 0 Å². The number of hydrogen-bond donors (Lipinski definition) is 1. The van der Waals surface area contributed by atoms with Crippen molar-refractivity contribution in [2.24, 2.45) is 0 Å². The molecule has 0 bridgehead atoms. The van der Waals surface area contributed by atoms with Gasteiger partial charge in [0.1, 0.15) is 0 Å². The second-order valence-electron chi connectivity index (χ2n) is 5.90. The van der Waals surface area contributed by atoms with Gasteiger partial charge in [0.05, 0.1) is 22.9 Å². The molecule has 1 aliphatic rings. The summed E-state index contributed by atoms with van der Waals surface area (Å²) >= 11 is 6.07. The van der Waals surface area contributed by atoms with Crippen LogP contribution >= 0.6 is 11.6 Å². The van der Waals surface area contributed by atoms with Crippen LogP contribution in [0.1, 0.15) is 5.69 Å². The molecule has 0 aliphatic carbocycles. The predicted molar refractivity (Wildman–Crippen MR) is 96.0 cm³/mol. The predicted octanol–water partition coefficient (Wildman–Crippen LogP) is 2.49. The third kappa shape index (κ3) is 4.77. The van der Waals surface area contributed by atoms with Crippen molar-refractivity contribution in [3.05, 3.63) is 59.4 Å². The van der Waals surface area contributed by atoms with Crippen molar-refractivity contribution in [2.45, 2.75) is 6.54 Å². The van der Waals surface area contributed by atoms with Crippen molar-refractivity contribution < 1.29 is 4.79 Å². The van der Waals surface area contributed by atoms with Gasteiger partial charge in [0, 0.05) is 38.9 Å². The minimum Gasteiger partial charge on any atom is -0.324 e. The number of aromatic nitrogens is 1. The molecule has 1 saturated heterocycles. The normalized spacial score (nSPS) is 16.0. The van der Waals surface area contributed by atoms with Gasteiger partial charge in [0.15, 0.2) is 0 Å². The van der Waals surface area contributed by atoms with Crippen LogP contribution in [0.15, 0.2) is 48.7 Å². The van der Waals surface area contributed by atoms with Gasteiger partial charge in [-0.25, -0.2) is 0 Å². The average molecular weight is 345 g/mol. The Hall–Kier alpha value is -1.95. The highest BCUT2D eigenvalue weighted by molar-refractivity contribution is 6.33. The highest BCUT2D eigenvalue weighted by Crippen LogP contribution is 2.20. The van der Waals surface area contributed by atoms with E-state index in [1.54, 1.807) is 6.07 Å². The van der Waals surface area contributed by atoms with Crippen LogP contribution in [0.5, 0.6) is 0 Å². The first-order valence-corrected chi connectivity index (χ1v) is 8.47. The molecule has 0 spiro atoms. The van der Waals surface area contributed by atoms with Gasteiger partial charge < -0.3 is 5.32 Å².